The molecule has 2 heterocycles. The van der Waals surface area contributed by atoms with Gasteiger partial charge in [-0.25, -0.2) is 9.78 Å². The van der Waals surface area contributed by atoms with Gasteiger partial charge in [-0.05, 0) is 24.6 Å². The molecular formula is C14H14N2O3S2. The fraction of sp³-hybridized carbons (Fsp3) is 0.214. The van der Waals surface area contributed by atoms with Crippen LogP contribution in [0, 0.1) is 0 Å². The molecule has 2 aromatic rings. The van der Waals surface area contributed by atoms with Gasteiger partial charge in [0.05, 0.1) is 11.4 Å². The van der Waals surface area contributed by atoms with E-state index in [2.05, 4.69) is 17.2 Å². The van der Waals surface area contributed by atoms with Crippen molar-refractivity contribution in [2.45, 2.75) is 19.9 Å². The van der Waals surface area contributed by atoms with Crippen molar-refractivity contribution < 1.29 is 14.7 Å². The molecule has 0 unspecified atom stereocenters. The van der Waals surface area contributed by atoms with Gasteiger partial charge in [0.2, 0.25) is 0 Å². The zero-order chi connectivity index (χ0) is 15.2. The molecule has 0 saturated heterocycles. The number of carboxylic acid groups (broad SMARTS) is 1. The SMILES string of the molecule is CCc1cnc(CNC(=O)c2ccc(/C=C/C(=O)O)s2)s1. The molecule has 5 nitrogen and oxygen atoms in total. The zero-order valence-electron chi connectivity index (χ0n) is 11.3. The quantitative estimate of drug-likeness (QED) is 0.802. The number of nitrogens with one attached hydrogen (secondary N) is 1. The maximum absolute atomic E-state index is 12.0. The Hall–Kier alpha value is -1.99. The van der Waals surface area contributed by atoms with Gasteiger partial charge >= 0.3 is 5.97 Å². The van der Waals surface area contributed by atoms with Crippen molar-refractivity contribution in [1.29, 1.82) is 0 Å². The lowest BCUT2D eigenvalue weighted by atomic mass is 10.4. The first-order valence-electron chi connectivity index (χ1n) is 6.31. The maximum Gasteiger partial charge on any atom is 0.328 e. The number of rotatable bonds is 6. The number of amides is 1. The van der Waals surface area contributed by atoms with Crippen molar-refractivity contribution in [2.75, 3.05) is 0 Å². The van der Waals surface area contributed by atoms with Crippen LogP contribution in [0.3, 0.4) is 0 Å². The molecule has 7 heteroatoms. The van der Waals surface area contributed by atoms with Gasteiger partial charge in [0.1, 0.15) is 5.01 Å². The summed E-state index contributed by atoms with van der Waals surface area (Å²) in [4.78, 5) is 29.1. The fourth-order valence-corrected chi connectivity index (χ4v) is 3.18. The molecule has 0 aliphatic rings. The Bertz CT molecular complexity index is 673. The van der Waals surface area contributed by atoms with Crippen molar-refractivity contribution >= 4 is 40.6 Å². The highest BCUT2D eigenvalue weighted by atomic mass is 32.1. The summed E-state index contributed by atoms with van der Waals surface area (Å²) < 4.78 is 0. The molecule has 1 amide bonds. The van der Waals surface area contributed by atoms with E-state index in [4.69, 9.17) is 5.11 Å². The second-order valence-electron chi connectivity index (χ2n) is 4.13. The number of hydrogen-bond donors (Lipinski definition) is 2. The lowest BCUT2D eigenvalue weighted by Crippen LogP contribution is -2.21. The number of carbonyl (C=O) groups is 2. The highest BCUT2D eigenvalue weighted by Gasteiger charge is 2.09. The molecule has 0 bridgehead atoms. The van der Waals surface area contributed by atoms with Crippen LogP contribution >= 0.6 is 22.7 Å². The van der Waals surface area contributed by atoms with E-state index in [-0.39, 0.29) is 5.91 Å². The fourth-order valence-electron chi connectivity index (χ4n) is 1.55. The van der Waals surface area contributed by atoms with Gasteiger partial charge in [-0.1, -0.05) is 6.92 Å². The van der Waals surface area contributed by atoms with Crippen molar-refractivity contribution in [3.63, 3.8) is 0 Å². The maximum atomic E-state index is 12.0. The average Bonchev–Trinajstić information content (AvgIpc) is 3.11. The van der Waals surface area contributed by atoms with E-state index in [0.717, 1.165) is 22.4 Å². The smallest absolute Gasteiger partial charge is 0.328 e. The van der Waals surface area contributed by atoms with Crippen LogP contribution in [0.25, 0.3) is 6.08 Å². The number of nitrogens with zero attached hydrogens (tertiary/aromatic N) is 1. The van der Waals surface area contributed by atoms with Crippen molar-refractivity contribution in [3.8, 4) is 0 Å². The van der Waals surface area contributed by atoms with Gasteiger partial charge < -0.3 is 10.4 Å². The Kier molecular flexibility index (Phi) is 5.24. The monoisotopic (exact) mass is 322 g/mol. The highest BCUT2D eigenvalue weighted by molar-refractivity contribution is 7.14. The zero-order valence-corrected chi connectivity index (χ0v) is 13.0. The van der Waals surface area contributed by atoms with Gasteiger partial charge in [-0.2, -0.15) is 0 Å². The average molecular weight is 322 g/mol. The van der Waals surface area contributed by atoms with Crippen LogP contribution in [0.5, 0.6) is 0 Å². The molecule has 2 aromatic heterocycles. The molecule has 0 saturated carbocycles. The number of thiophene rings is 1. The summed E-state index contributed by atoms with van der Waals surface area (Å²) in [6.45, 7) is 2.47. The van der Waals surface area contributed by atoms with Crippen molar-refractivity contribution in [1.82, 2.24) is 10.3 Å². The molecule has 110 valence electrons. The summed E-state index contributed by atoms with van der Waals surface area (Å²) in [5.41, 5.74) is 0. The minimum absolute atomic E-state index is 0.178. The van der Waals surface area contributed by atoms with E-state index in [9.17, 15) is 9.59 Å². The Morgan fingerprint density at radius 1 is 1.38 bits per heavy atom. The number of aliphatic carboxylic acids is 1. The molecular weight excluding hydrogens is 308 g/mol. The normalized spacial score (nSPS) is 10.9. The number of hydrogen-bond acceptors (Lipinski definition) is 5. The van der Waals surface area contributed by atoms with Crippen LogP contribution in [-0.4, -0.2) is 22.0 Å². The van der Waals surface area contributed by atoms with Gasteiger partial charge in [-0.15, -0.1) is 22.7 Å². The molecule has 2 N–H and O–H groups in total. The van der Waals surface area contributed by atoms with E-state index >= 15 is 0 Å². The lowest BCUT2D eigenvalue weighted by Gasteiger charge is -1.99. The first-order valence-corrected chi connectivity index (χ1v) is 7.94. The number of carboxylic acids is 1. The molecule has 0 aliphatic heterocycles. The van der Waals surface area contributed by atoms with Gasteiger partial charge in [0.25, 0.3) is 5.91 Å². The van der Waals surface area contributed by atoms with Gasteiger partial charge in [0.15, 0.2) is 0 Å². The van der Waals surface area contributed by atoms with E-state index in [1.165, 1.54) is 22.3 Å². The first-order chi connectivity index (χ1) is 10.1. The molecule has 21 heavy (non-hydrogen) atoms. The Balaban J connectivity index is 1.92. The third-order valence-electron chi connectivity index (χ3n) is 2.59. The highest BCUT2D eigenvalue weighted by Crippen LogP contribution is 2.18. The molecule has 0 atom stereocenters. The van der Waals surface area contributed by atoms with Crippen molar-refractivity contribution in [2.24, 2.45) is 0 Å². The standard InChI is InChI=1S/C14H14N2O3S2/c1-2-9-7-15-12(21-9)8-16-14(19)11-5-3-10(20-11)4-6-13(17)18/h3-7H,2,8H2,1H3,(H,16,19)(H,17,18)/b6-4+. The van der Waals surface area contributed by atoms with E-state index in [0.29, 0.717) is 11.4 Å². The van der Waals surface area contributed by atoms with Gasteiger partial charge in [-0.3, -0.25) is 4.79 Å². The molecule has 0 aromatic carbocycles. The number of thiazole rings is 1. The predicted molar refractivity (Wildman–Crippen MR) is 83.7 cm³/mol. The predicted octanol–water partition coefficient (Wildman–Crippen LogP) is 2.79. The van der Waals surface area contributed by atoms with Crippen LogP contribution < -0.4 is 5.32 Å². The Morgan fingerprint density at radius 2 is 2.19 bits per heavy atom. The Morgan fingerprint density at radius 3 is 2.86 bits per heavy atom. The molecule has 0 spiro atoms. The number of aryl methyl sites for hydroxylation is 1. The Labute approximate surface area is 130 Å². The van der Waals surface area contributed by atoms with Crippen LogP contribution in [-0.2, 0) is 17.8 Å². The van der Waals surface area contributed by atoms with Crippen LogP contribution in [0.1, 0.15) is 31.4 Å². The third-order valence-corrected chi connectivity index (χ3v) is 4.78. The van der Waals surface area contributed by atoms with E-state index < -0.39 is 5.97 Å². The van der Waals surface area contributed by atoms with Crippen LogP contribution in [0.2, 0.25) is 0 Å². The minimum Gasteiger partial charge on any atom is -0.478 e. The third kappa shape index (κ3) is 4.51. The van der Waals surface area contributed by atoms with Crippen molar-refractivity contribution in [3.05, 3.63) is 44.0 Å². The van der Waals surface area contributed by atoms with Crippen LogP contribution in [0.15, 0.2) is 24.4 Å². The summed E-state index contributed by atoms with van der Waals surface area (Å²) in [5, 5.41) is 12.2. The van der Waals surface area contributed by atoms with Gasteiger partial charge in [0, 0.05) is 22.0 Å². The molecule has 0 aliphatic carbocycles. The van der Waals surface area contributed by atoms with E-state index in [1.807, 2.05) is 6.20 Å². The van der Waals surface area contributed by atoms with Crippen LogP contribution in [0.4, 0.5) is 0 Å². The summed E-state index contributed by atoms with van der Waals surface area (Å²) in [6.07, 6.45) is 5.29. The van der Waals surface area contributed by atoms with E-state index in [1.54, 1.807) is 23.5 Å². The summed E-state index contributed by atoms with van der Waals surface area (Å²) >= 11 is 2.84. The number of carbonyl (C=O) groups excluding carboxylic acids is 1. The molecule has 0 radical (unpaired) electrons. The second kappa shape index (κ2) is 7.14. The summed E-state index contributed by atoms with van der Waals surface area (Å²) in [5.74, 6) is -1.19. The largest absolute Gasteiger partial charge is 0.478 e. The molecule has 2 rings (SSSR count). The molecule has 0 fully saturated rings. The second-order valence-corrected chi connectivity index (χ2v) is 6.45. The minimum atomic E-state index is -1.01. The topological polar surface area (TPSA) is 79.3 Å². The number of aromatic nitrogens is 1. The summed E-state index contributed by atoms with van der Waals surface area (Å²) in [6, 6.07) is 3.40. The summed E-state index contributed by atoms with van der Waals surface area (Å²) in [7, 11) is 0. The first kappa shape index (κ1) is 15.4. The lowest BCUT2D eigenvalue weighted by molar-refractivity contribution is -0.131.